The molecular formula is C11H17N3O2S. The molecule has 0 bridgehead atoms. The molecule has 1 fully saturated rings. The summed E-state index contributed by atoms with van der Waals surface area (Å²) >= 11 is 1.48. The number of thiazole rings is 1. The molecule has 0 spiro atoms. The normalized spacial score (nSPS) is 17.6. The summed E-state index contributed by atoms with van der Waals surface area (Å²) in [4.78, 5) is 17.0. The van der Waals surface area contributed by atoms with E-state index < -0.39 is 0 Å². The highest BCUT2D eigenvalue weighted by Crippen LogP contribution is 2.21. The number of carbonyl (C=O) groups is 1. The molecule has 5 nitrogen and oxygen atoms in total. The molecule has 1 aliphatic rings. The minimum atomic E-state index is -0.188. The van der Waals surface area contributed by atoms with Gasteiger partial charge < -0.3 is 10.1 Å². The third-order valence-corrected chi connectivity index (χ3v) is 3.81. The van der Waals surface area contributed by atoms with Crippen molar-refractivity contribution in [1.29, 1.82) is 0 Å². The van der Waals surface area contributed by atoms with Crippen LogP contribution in [0.1, 0.15) is 17.5 Å². The standard InChI is InChI=1S/C11H17N3O2S/c1-7-8(2)17-10(13-7)14-9(15)4-16-11(3)5-12-6-11/h12H,4-6H2,1-3H3,(H,13,14,15). The molecule has 0 radical (unpaired) electrons. The van der Waals surface area contributed by atoms with Gasteiger partial charge in [0.2, 0.25) is 0 Å². The summed E-state index contributed by atoms with van der Waals surface area (Å²) in [5.74, 6) is -0.146. The van der Waals surface area contributed by atoms with Gasteiger partial charge in [-0.1, -0.05) is 0 Å². The Balaban J connectivity index is 1.81. The van der Waals surface area contributed by atoms with Crippen molar-refractivity contribution in [2.45, 2.75) is 26.4 Å². The lowest BCUT2D eigenvalue weighted by atomic mass is 10.0. The number of rotatable bonds is 4. The van der Waals surface area contributed by atoms with Crippen LogP contribution in [-0.2, 0) is 9.53 Å². The minimum Gasteiger partial charge on any atom is -0.363 e. The van der Waals surface area contributed by atoms with Crippen molar-refractivity contribution in [3.05, 3.63) is 10.6 Å². The van der Waals surface area contributed by atoms with Crippen LogP contribution in [0.2, 0.25) is 0 Å². The lowest BCUT2D eigenvalue weighted by molar-refractivity contribution is -0.130. The average molecular weight is 255 g/mol. The van der Waals surface area contributed by atoms with Crippen molar-refractivity contribution in [2.75, 3.05) is 25.0 Å². The summed E-state index contributed by atoms with van der Waals surface area (Å²) in [6.07, 6.45) is 0. The first-order chi connectivity index (χ1) is 7.98. The van der Waals surface area contributed by atoms with Gasteiger partial charge in [-0.15, -0.1) is 11.3 Å². The van der Waals surface area contributed by atoms with E-state index in [1.54, 1.807) is 0 Å². The van der Waals surface area contributed by atoms with Gasteiger partial charge in [-0.05, 0) is 20.8 Å². The number of amides is 1. The molecule has 0 atom stereocenters. The first kappa shape index (κ1) is 12.5. The fourth-order valence-electron chi connectivity index (χ4n) is 1.50. The van der Waals surface area contributed by atoms with E-state index in [1.165, 1.54) is 11.3 Å². The van der Waals surface area contributed by atoms with Crippen LogP contribution >= 0.6 is 11.3 Å². The van der Waals surface area contributed by atoms with Crippen LogP contribution in [0.15, 0.2) is 0 Å². The molecule has 17 heavy (non-hydrogen) atoms. The van der Waals surface area contributed by atoms with Crippen molar-refractivity contribution < 1.29 is 9.53 Å². The van der Waals surface area contributed by atoms with E-state index in [1.807, 2.05) is 20.8 Å². The van der Waals surface area contributed by atoms with E-state index in [0.717, 1.165) is 23.7 Å². The van der Waals surface area contributed by atoms with Crippen LogP contribution in [0.4, 0.5) is 5.13 Å². The van der Waals surface area contributed by atoms with Crippen molar-refractivity contribution in [3.63, 3.8) is 0 Å². The number of aromatic nitrogens is 1. The summed E-state index contributed by atoms with van der Waals surface area (Å²) < 4.78 is 5.54. The van der Waals surface area contributed by atoms with E-state index in [0.29, 0.717) is 5.13 Å². The molecule has 0 aromatic carbocycles. The Morgan fingerprint density at radius 2 is 2.29 bits per heavy atom. The van der Waals surface area contributed by atoms with E-state index in [-0.39, 0.29) is 18.1 Å². The Labute approximate surface area is 105 Å². The van der Waals surface area contributed by atoms with Gasteiger partial charge in [-0.3, -0.25) is 10.1 Å². The highest BCUT2D eigenvalue weighted by atomic mass is 32.1. The third kappa shape index (κ3) is 3.02. The van der Waals surface area contributed by atoms with Gasteiger partial charge in [0.05, 0.1) is 11.3 Å². The maximum absolute atomic E-state index is 11.6. The van der Waals surface area contributed by atoms with E-state index >= 15 is 0 Å². The monoisotopic (exact) mass is 255 g/mol. The maximum atomic E-state index is 11.6. The van der Waals surface area contributed by atoms with Gasteiger partial charge in [-0.2, -0.15) is 0 Å². The molecule has 6 heteroatoms. The molecule has 1 aromatic rings. The van der Waals surface area contributed by atoms with Crippen LogP contribution in [0.5, 0.6) is 0 Å². The molecule has 1 amide bonds. The molecular weight excluding hydrogens is 238 g/mol. The van der Waals surface area contributed by atoms with Crippen molar-refractivity contribution >= 4 is 22.4 Å². The number of aryl methyl sites for hydroxylation is 2. The van der Waals surface area contributed by atoms with Crippen LogP contribution in [-0.4, -0.2) is 36.2 Å². The number of nitrogens with one attached hydrogen (secondary N) is 2. The number of hydrogen-bond acceptors (Lipinski definition) is 5. The summed E-state index contributed by atoms with van der Waals surface area (Å²) in [7, 11) is 0. The predicted molar refractivity (Wildman–Crippen MR) is 67.4 cm³/mol. The second-order valence-electron chi connectivity index (χ2n) is 4.55. The number of hydrogen-bond donors (Lipinski definition) is 2. The second kappa shape index (κ2) is 4.72. The molecule has 2 heterocycles. The van der Waals surface area contributed by atoms with Crippen LogP contribution in [0.3, 0.4) is 0 Å². The molecule has 1 aliphatic heterocycles. The minimum absolute atomic E-state index is 0.0792. The maximum Gasteiger partial charge on any atom is 0.252 e. The smallest absolute Gasteiger partial charge is 0.252 e. The van der Waals surface area contributed by atoms with Crippen LogP contribution < -0.4 is 10.6 Å². The summed E-state index contributed by atoms with van der Waals surface area (Å²) in [5.41, 5.74) is 0.771. The van der Waals surface area contributed by atoms with Gasteiger partial charge in [0.1, 0.15) is 6.61 Å². The summed E-state index contributed by atoms with van der Waals surface area (Å²) in [6, 6.07) is 0. The topological polar surface area (TPSA) is 63.2 Å². The summed E-state index contributed by atoms with van der Waals surface area (Å²) in [6.45, 7) is 7.59. The molecule has 2 N–H and O–H groups in total. The number of ether oxygens (including phenoxy) is 1. The molecule has 0 aliphatic carbocycles. The highest BCUT2D eigenvalue weighted by molar-refractivity contribution is 7.15. The van der Waals surface area contributed by atoms with E-state index in [4.69, 9.17) is 4.74 Å². The number of nitrogens with zero attached hydrogens (tertiary/aromatic N) is 1. The molecule has 94 valence electrons. The molecule has 0 saturated carbocycles. The van der Waals surface area contributed by atoms with E-state index in [2.05, 4.69) is 15.6 Å². The molecule has 0 unspecified atom stereocenters. The molecule has 1 aromatic heterocycles. The quantitative estimate of drug-likeness (QED) is 0.845. The number of carbonyl (C=O) groups excluding carboxylic acids is 1. The highest BCUT2D eigenvalue weighted by Gasteiger charge is 2.33. The zero-order chi connectivity index (χ0) is 12.5. The zero-order valence-electron chi connectivity index (χ0n) is 10.3. The van der Waals surface area contributed by atoms with Gasteiger partial charge >= 0.3 is 0 Å². The van der Waals surface area contributed by atoms with Gasteiger partial charge in [0, 0.05) is 18.0 Å². The lowest BCUT2D eigenvalue weighted by Crippen LogP contribution is -2.59. The Kier molecular flexibility index (Phi) is 3.46. The fraction of sp³-hybridized carbons (Fsp3) is 0.636. The van der Waals surface area contributed by atoms with E-state index in [9.17, 15) is 4.79 Å². The Bertz CT molecular complexity index is 407. The van der Waals surface area contributed by atoms with Crippen LogP contribution in [0, 0.1) is 13.8 Å². The second-order valence-corrected chi connectivity index (χ2v) is 5.75. The summed E-state index contributed by atoms with van der Waals surface area (Å²) in [5, 5.41) is 6.51. The first-order valence-electron chi connectivity index (χ1n) is 5.57. The zero-order valence-corrected chi connectivity index (χ0v) is 11.1. The first-order valence-corrected chi connectivity index (χ1v) is 6.39. The van der Waals surface area contributed by atoms with Crippen molar-refractivity contribution in [3.8, 4) is 0 Å². The lowest BCUT2D eigenvalue weighted by Gasteiger charge is -2.38. The van der Waals surface area contributed by atoms with Crippen LogP contribution in [0.25, 0.3) is 0 Å². The Morgan fingerprint density at radius 3 is 2.76 bits per heavy atom. The largest absolute Gasteiger partial charge is 0.363 e. The molecule has 2 rings (SSSR count). The average Bonchev–Trinajstić information content (AvgIpc) is 2.52. The Morgan fingerprint density at radius 1 is 1.59 bits per heavy atom. The Hall–Kier alpha value is -0.980. The molecule has 1 saturated heterocycles. The SMILES string of the molecule is Cc1nc(NC(=O)COC2(C)CNC2)sc1C. The fourth-order valence-corrected chi connectivity index (χ4v) is 2.33. The van der Waals surface area contributed by atoms with Crippen molar-refractivity contribution in [2.24, 2.45) is 0 Å². The third-order valence-electron chi connectivity index (χ3n) is 2.82. The van der Waals surface area contributed by atoms with Crippen molar-refractivity contribution in [1.82, 2.24) is 10.3 Å². The van der Waals surface area contributed by atoms with Gasteiger partial charge in [-0.25, -0.2) is 4.98 Å². The van der Waals surface area contributed by atoms with Gasteiger partial charge in [0.25, 0.3) is 5.91 Å². The van der Waals surface area contributed by atoms with Gasteiger partial charge in [0.15, 0.2) is 5.13 Å². The predicted octanol–water partition coefficient (Wildman–Crippen LogP) is 1.08. The number of anilines is 1.